The number of anilines is 1. The van der Waals surface area contributed by atoms with Gasteiger partial charge in [-0.3, -0.25) is 4.79 Å². The van der Waals surface area contributed by atoms with Gasteiger partial charge in [0.15, 0.2) is 12.1 Å². The van der Waals surface area contributed by atoms with Crippen molar-refractivity contribution in [3.8, 4) is 0 Å². The molecule has 0 saturated carbocycles. The Kier molecular flexibility index (Phi) is 7.93. The maximum absolute atomic E-state index is 14.3. The van der Waals surface area contributed by atoms with Crippen molar-refractivity contribution < 1.29 is 18.8 Å². The fraction of sp³-hybridized carbons (Fsp3) is 0.417. The van der Waals surface area contributed by atoms with E-state index >= 15 is 0 Å². The smallest absolute Gasteiger partial charge is 0.303 e. The molecule has 1 unspecified atom stereocenters. The first-order chi connectivity index (χ1) is 16.0. The SMILES string of the molecule is O=C(NOC1CCCCO1)/C(F)=C/c1cnc(N[C@]2(Cc3ccccc3)CCNC2)c(Cl)c1. The number of benzene rings is 1. The molecule has 2 aliphatic rings. The van der Waals surface area contributed by atoms with Crippen molar-refractivity contribution in [3.05, 3.63) is 64.6 Å². The second kappa shape index (κ2) is 11.1. The molecule has 33 heavy (non-hydrogen) atoms. The van der Waals surface area contributed by atoms with E-state index in [1.807, 2.05) is 18.2 Å². The fourth-order valence-corrected chi connectivity index (χ4v) is 4.31. The lowest BCUT2D eigenvalue weighted by molar-refractivity contribution is -0.199. The van der Waals surface area contributed by atoms with Crippen molar-refractivity contribution in [1.82, 2.24) is 15.8 Å². The number of hydroxylamine groups is 1. The van der Waals surface area contributed by atoms with Crippen molar-refractivity contribution in [2.24, 2.45) is 0 Å². The Morgan fingerprint density at radius 1 is 1.36 bits per heavy atom. The van der Waals surface area contributed by atoms with Crippen LogP contribution in [-0.4, -0.2) is 42.4 Å². The number of rotatable bonds is 8. The van der Waals surface area contributed by atoms with E-state index < -0.39 is 18.0 Å². The highest BCUT2D eigenvalue weighted by atomic mass is 35.5. The second-order valence-electron chi connectivity index (χ2n) is 8.43. The molecule has 2 aliphatic heterocycles. The molecule has 2 atom stereocenters. The average molecular weight is 475 g/mol. The summed E-state index contributed by atoms with van der Waals surface area (Å²) in [5.74, 6) is -1.47. The highest BCUT2D eigenvalue weighted by Gasteiger charge is 2.34. The van der Waals surface area contributed by atoms with Crippen LogP contribution in [0.2, 0.25) is 5.02 Å². The highest BCUT2D eigenvalue weighted by molar-refractivity contribution is 6.33. The third kappa shape index (κ3) is 6.51. The number of hydrogen-bond acceptors (Lipinski definition) is 6. The number of ether oxygens (including phenoxy) is 1. The van der Waals surface area contributed by atoms with E-state index in [-0.39, 0.29) is 5.54 Å². The lowest BCUT2D eigenvalue weighted by Gasteiger charge is -2.31. The van der Waals surface area contributed by atoms with Crippen LogP contribution in [0.1, 0.15) is 36.8 Å². The molecule has 0 bridgehead atoms. The molecule has 0 spiro atoms. The van der Waals surface area contributed by atoms with Gasteiger partial charge in [0.25, 0.3) is 0 Å². The Bertz CT molecular complexity index is 977. The first kappa shape index (κ1) is 23.6. The lowest BCUT2D eigenvalue weighted by atomic mass is 9.90. The second-order valence-corrected chi connectivity index (χ2v) is 8.84. The quantitative estimate of drug-likeness (QED) is 0.396. The summed E-state index contributed by atoms with van der Waals surface area (Å²) in [5, 5.41) is 7.25. The summed E-state index contributed by atoms with van der Waals surface area (Å²) in [6.07, 6.45) is 6.27. The van der Waals surface area contributed by atoms with Gasteiger partial charge in [-0.05, 0) is 55.5 Å². The third-order valence-corrected chi connectivity index (χ3v) is 6.09. The molecule has 4 rings (SSSR count). The molecule has 3 heterocycles. The molecular weight excluding hydrogens is 447 g/mol. The number of aromatic nitrogens is 1. The van der Waals surface area contributed by atoms with Crippen LogP contribution in [-0.2, 0) is 20.8 Å². The normalized spacial score (nSPS) is 23.3. The molecular formula is C24H28ClFN4O3. The molecule has 3 N–H and O–H groups in total. The van der Waals surface area contributed by atoms with E-state index in [1.165, 1.54) is 11.8 Å². The monoisotopic (exact) mass is 474 g/mol. The first-order valence-electron chi connectivity index (χ1n) is 11.2. The van der Waals surface area contributed by atoms with Gasteiger partial charge in [-0.1, -0.05) is 41.9 Å². The van der Waals surface area contributed by atoms with E-state index in [9.17, 15) is 9.18 Å². The summed E-state index contributed by atoms with van der Waals surface area (Å²) in [5.41, 5.74) is 3.46. The van der Waals surface area contributed by atoms with Gasteiger partial charge in [-0.15, -0.1) is 0 Å². The number of halogens is 2. The maximum atomic E-state index is 14.3. The van der Waals surface area contributed by atoms with Crippen molar-refractivity contribution in [2.75, 3.05) is 25.0 Å². The first-order valence-corrected chi connectivity index (χ1v) is 11.5. The predicted molar refractivity (Wildman–Crippen MR) is 125 cm³/mol. The van der Waals surface area contributed by atoms with Crippen molar-refractivity contribution in [1.29, 1.82) is 0 Å². The Balaban J connectivity index is 1.40. The van der Waals surface area contributed by atoms with Gasteiger partial charge >= 0.3 is 5.91 Å². The van der Waals surface area contributed by atoms with E-state index in [0.717, 1.165) is 44.8 Å². The minimum absolute atomic E-state index is 0.223. The molecule has 1 aromatic heterocycles. The topological polar surface area (TPSA) is 84.5 Å². The summed E-state index contributed by atoms with van der Waals surface area (Å²) in [7, 11) is 0. The number of amides is 1. The summed E-state index contributed by atoms with van der Waals surface area (Å²) >= 11 is 6.46. The van der Waals surface area contributed by atoms with Gasteiger partial charge in [-0.25, -0.2) is 19.7 Å². The van der Waals surface area contributed by atoms with E-state index in [2.05, 4.69) is 33.2 Å². The average Bonchev–Trinajstić information content (AvgIpc) is 3.28. The van der Waals surface area contributed by atoms with Crippen molar-refractivity contribution in [2.45, 2.75) is 43.9 Å². The van der Waals surface area contributed by atoms with Crippen LogP contribution in [0.5, 0.6) is 0 Å². The number of hydrogen-bond donors (Lipinski definition) is 3. The predicted octanol–water partition coefficient (Wildman–Crippen LogP) is 4.01. The summed E-state index contributed by atoms with van der Waals surface area (Å²) < 4.78 is 19.7. The Morgan fingerprint density at radius 2 is 2.21 bits per heavy atom. The standard InChI is InChI=1S/C24H28ClFN4O3/c25-19-12-18(13-20(26)23(31)30-33-21-8-4-5-11-32-21)15-28-22(19)29-24(9-10-27-16-24)14-17-6-2-1-3-7-17/h1-3,6-7,12-13,15,21,27H,4-5,8-11,14,16H2,(H,28,29)(H,30,31)/b20-13-/t21?,24-/m0/s1. The maximum Gasteiger partial charge on any atom is 0.303 e. The van der Waals surface area contributed by atoms with Gasteiger partial charge in [0, 0.05) is 25.8 Å². The molecule has 176 valence electrons. The Labute approximate surface area is 197 Å². The van der Waals surface area contributed by atoms with Crippen LogP contribution in [0.25, 0.3) is 6.08 Å². The Hall–Kier alpha value is -2.52. The molecule has 2 fully saturated rings. The number of pyridine rings is 1. The summed E-state index contributed by atoms with van der Waals surface area (Å²) in [4.78, 5) is 21.5. The molecule has 1 amide bonds. The van der Waals surface area contributed by atoms with Crippen molar-refractivity contribution in [3.63, 3.8) is 0 Å². The molecule has 2 aromatic rings. The van der Waals surface area contributed by atoms with E-state index in [1.54, 1.807) is 6.07 Å². The van der Waals surface area contributed by atoms with E-state index in [0.29, 0.717) is 29.4 Å². The summed E-state index contributed by atoms with van der Waals surface area (Å²) in [6.45, 7) is 2.24. The van der Waals surface area contributed by atoms with Gasteiger partial charge in [0.2, 0.25) is 0 Å². The van der Waals surface area contributed by atoms with Crippen LogP contribution in [0.3, 0.4) is 0 Å². The third-order valence-electron chi connectivity index (χ3n) is 5.81. The van der Waals surface area contributed by atoms with Crippen LogP contribution >= 0.6 is 11.6 Å². The highest BCUT2D eigenvalue weighted by Crippen LogP contribution is 2.30. The van der Waals surface area contributed by atoms with Crippen LogP contribution in [0.15, 0.2) is 48.4 Å². The molecule has 2 saturated heterocycles. The minimum Gasteiger partial charge on any atom is -0.362 e. The van der Waals surface area contributed by atoms with Gasteiger partial charge < -0.3 is 15.4 Å². The summed E-state index contributed by atoms with van der Waals surface area (Å²) in [6, 6.07) is 11.8. The molecule has 0 aliphatic carbocycles. The number of nitrogens with one attached hydrogen (secondary N) is 3. The van der Waals surface area contributed by atoms with E-state index in [4.69, 9.17) is 21.2 Å². The number of carbonyl (C=O) groups excluding carboxylic acids is 1. The number of nitrogens with zero attached hydrogens (tertiary/aromatic N) is 1. The number of carbonyl (C=O) groups is 1. The molecule has 7 nitrogen and oxygen atoms in total. The minimum atomic E-state index is -1.01. The Morgan fingerprint density at radius 3 is 2.91 bits per heavy atom. The van der Waals surface area contributed by atoms with Crippen molar-refractivity contribution >= 4 is 29.4 Å². The fourth-order valence-electron chi connectivity index (χ4n) is 4.09. The van der Waals surface area contributed by atoms with Crippen LogP contribution in [0.4, 0.5) is 10.2 Å². The lowest BCUT2D eigenvalue weighted by Crippen LogP contribution is -2.43. The zero-order valence-electron chi connectivity index (χ0n) is 18.3. The van der Waals surface area contributed by atoms with Gasteiger partial charge in [-0.2, -0.15) is 0 Å². The molecule has 0 radical (unpaired) electrons. The zero-order chi connectivity index (χ0) is 23.1. The largest absolute Gasteiger partial charge is 0.362 e. The molecule has 9 heteroatoms. The van der Waals surface area contributed by atoms with Crippen LogP contribution < -0.4 is 16.1 Å². The van der Waals surface area contributed by atoms with Gasteiger partial charge in [0.05, 0.1) is 10.6 Å². The van der Waals surface area contributed by atoms with Crippen LogP contribution in [0, 0.1) is 0 Å². The molecule has 1 aromatic carbocycles. The zero-order valence-corrected chi connectivity index (χ0v) is 19.0. The van der Waals surface area contributed by atoms with Gasteiger partial charge in [0.1, 0.15) is 5.82 Å².